The van der Waals surface area contributed by atoms with Crippen molar-refractivity contribution in [3.05, 3.63) is 41.8 Å². The normalized spacial score (nSPS) is 27.7. The van der Waals surface area contributed by atoms with Gasteiger partial charge in [-0.2, -0.15) is 0 Å². The summed E-state index contributed by atoms with van der Waals surface area (Å²) in [6, 6.07) is 5.47. The summed E-state index contributed by atoms with van der Waals surface area (Å²) in [4.78, 5) is 66.1. The number of benzene rings is 1. The highest BCUT2D eigenvalue weighted by atomic mass is 32.1. The zero-order valence-corrected chi connectivity index (χ0v) is 33.2. The molecule has 4 heterocycles. The summed E-state index contributed by atoms with van der Waals surface area (Å²) in [5.74, 6) is -1.97. The first kappa shape index (κ1) is 39.3. The molecule has 15 heteroatoms. The lowest BCUT2D eigenvalue weighted by molar-refractivity contribution is -0.146. The maximum absolute atomic E-state index is 14.7. The number of aromatic nitrogens is 2. The predicted molar refractivity (Wildman–Crippen MR) is 212 cm³/mol. The van der Waals surface area contributed by atoms with Crippen molar-refractivity contribution in [2.75, 3.05) is 19.0 Å². The van der Waals surface area contributed by atoms with Gasteiger partial charge in [-0.25, -0.2) is 19.6 Å². The van der Waals surface area contributed by atoms with Gasteiger partial charge in [-0.05, 0) is 77.3 Å². The van der Waals surface area contributed by atoms with E-state index in [9.17, 15) is 24.3 Å². The fourth-order valence-corrected chi connectivity index (χ4v) is 9.06. The van der Waals surface area contributed by atoms with Gasteiger partial charge in [-0.1, -0.05) is 31.9 Å². The van der Waals surface area contributed by atoms with Crippen molar-refractivity contribution in [2.24, 2.45) is 11.8 Å². The predicted octanol–water partition coefficient (Wildman–Crippen LogP) is 6.30. The molecular weight excluding hydrogens is 737 g/mol. The van der Waals surface area contributed by atoms with E-state index in [2.05, 4.69) is 16.0 Å². The molecule has 6 atom stereocenters. The van der Waals surface area contributed by atoms with Crippen LogP contribution >= 0.6 is 11.3 Å². The number of methoxy groups -OCH3 is 1. The Bertz CT molecular complexity index is 1980. The second kappa shape index (κ2) is 16.7. The Morgan fingerprint density at radius 2 is 1.84 bits per heavy atom. The average Bonchev–Trinajstić information content (AvgIpc) is 3.52. The molecule has 0 radical (unpaired) electrons. The Labute approximate surface area is 330 Å². The van der Waals surface area contributed by atoms with E-state index in [0.717, 1.165) is 50.1 Å². The Balaban J connectivity index is 1.23. The fraction of sp³-hybridized carbons (Fsp3) is 0.561. The van der Waals surface area contributed by atoms with E-state index in [1.54, 1.807) is 7.11 Å². The van der Waals surface area contributed by atoms with Gasteiger partial charge in [0.15, 0.2) is 5.13 Å². The molecule has 56 heavy (non-hydrogen) atoms. The number of rotatable bonds is 9. The van der Waals surface area contributed by atoms with Crippen LogP contribution in [0.15, 0.2) is 41.8 Å². The van der Waals surface area contributed by atoms with Crippen molar-refractivity contribution >= 4 is 51.2 Å². The second-order valence-electron chi connectivity index (χ2n) is 15.8. The van der Waals surface area contributed by atoms with E-state index in [0.29, 0.717) is 46.6 Å². The number of aliphatic carboxylic acids is 1. The van der Waals surface area contributed by atoms with E-state index in [1.807, 2.05) is 62.6 Å². The number of ether oxygens (including phenoxy) is 3. The summed E-state index contributed by atoms with van der Waals surface area (Å²) >= 11 is 1.47. The van der Waals surface area contributed by atoms with Gasteiger partial charge in [-0.3, -0.25) is 9.59 Å². The zero-order chi connectivity index (χ0) is 39.6. The van der Waals surface area contributed by atoms with Gasteiger partial charge in [-0.15, -0.1) is 11.3 Å². The van der Waals surface area contributed by atoms with E-state index < -0.39 is 53.5 Å². The number of pyridine rings is 1. The van der Waals surface area contributed by atoms with Gasteiger partial charge >= 0.3 is 12.1 Å². The van der Waals surface area contributed by atoms with Crippen LogP contribution in [0.3, 0.4) is 0 Å². The Morgan fingerprint density at radius 1 is 1.05 bits per heavy atom. The standard InChI is InChI=1S/C41H52N6O8S/c1-23(2)42-39-44-32(22-56-39)31-19-33(28-17-16-27(53-4)18-30(28)43-31)55-34-21-47-35(24(34)3)36(48)46-41(38(50)51)20-25(41)12-8-6-5-7-9-15-29(37(47)49)45-40(52)54-26-13-10-11-14-26/h8,12,16-19,22-26,29,34-35H,5-7,9-11,13-15,20-21H2,1-4H3,(H,42,44)(H,45,52)(H,46,48)(H,50,51)/b12-8-/t24-,25+,29-,34-,35-,41+/m0/s1. The largest absolute Gasteiger partial charge is 0.497 e. The average molecular weight is 789 g/mol. The van der Waals surface area contributed by atoms with Crippen LogP contribution in [0.2, 0.25) is 0 Å². The van der Waals surface area contributed by atoms with Crippen molar-refractivity contribution in [1.29, 1.82) is 0 Å². The van der Waals surface area contributed by atoms with Crippen LogP contribution in [0.4, 0.5) is 9.93 Å². The van der Waals surface area contributed by atoms with Crippen LogP contribution in [0, 0.1) is 11.8 Å². The minimum atomic E-state index is -1.46. The van der Waals surface area contributed by atoms with Gasteiger partial charge in [0.25, 0.3) is 0 Å². The molecule has 2 aliphatic carbocycles. The molecule has 4 N–H and O–H groups in total. The topological polar surface area (TPSA) is 181 Å². The molecular formula is C41H52N6O8S. The number of thiazole rings is 1. The summed E-state index contributed by atoms with van der Waals surface area (Å²) in [5, 5.41) is 22.7. The number of nitrogens with one attached hydrogen (secondary N) is 3. The second-order valence-corrected chi connectivity index (χ2v) is 16.7. The minimum absolute atomic E-state index is 0.0196. The molecule has 4 aliphatic rings. The third-order valence-electron chi connectivity index (χ3n) is 11.4. The number of carbonyl (C=O) groups excluding carboxylic acids is 3. The Kier molecular flexibility index (Phi) is 11.7. The van der Waals surface area contributed by atoms with Crippen molar-refractivity contribution in [1.82, 2.24) is 25.5 Å². The number of nitrogens with zero attached hydrogens (tertiary/aromatic N) is 3. The number of alkyl carbamates (subject to hydrolysis) is 1. The van der Waals surface area contributed by atoms with E-state index in [1.165, 1.54) is 16.2 Å². The van der Waals surface area contributed by atoms with Crippen molar-refractivity contribution in [3.63, 3.8) is 0 Å². The smallest absolute Gasteiger partial charge is 0.408 e. The van der Waals surface area contributed by atoms with Crippen molar-refractivity contribution in [3.8, 4) is 22.9 Å². The maximum Gasteiger partial charge on any atom is 0.408 e. The molecule has 3 fully saturated rings. The molecule has 300 valence electrons. The summed E-state index contributed by atoms with van der Waals surface area (Å²) in [7, 11) is 1.58. The van der Waals surface area contributed by atoms with Gasteiger partial charge in [0.1, 0.15) is 47.0 Å². The lowest BCUT2D eigenvalue weighted by Crippen LogP contribution is -2.57. The summed E-state index contributed by atoms with van der Waals surface area (Å²) in [6.07, 6.45) is 9.55. The number of fused-ring (bicyclic) bond motifs is 3. The number of hydrogen-bond donors (Lipinski definition) is 4. The first-order valence-electron chi connectivity index (χ1n) is 19.8. The highest BCUT2D eigenvalue weighted by molar-refractivity contribution is 7.14. The van der Waals surface area contributed by atoms with Gasteiger partial charge in [0.05, 0.1) is 24.9 Å². The number of allylic oxidation sites excluding steroid dienone is 1. The Hall–Kier alpha value is -4.92. The monoisotopic (exact) mass is 788 g/mol. The number of carboxylic acid groups (broad SMARTS) is 1. The number of anilines is 1. The van der Waals surface area contributed by atoms with Gasteiger partial charge in [0, 0.05) is 40.8 Å². The van der Waals surface area contributed by atoms with Crippen molar-refractivity contribution < 1.29 is 38.5 Å². The number of amides is 3. The molecule has 0 bridgehead atoms. The first-order chi connectivity index (χ1) is 26.9. The molecule has 2 saturated carbocycles. The van der Waals surface area contributed by atoms with Crippen molar-refractivity contribution in [2.45, 2.75) is 121 Å². The summed E-state index contributed by atoms with van der Waals surface area (Å²) in [6.45, 7) is 5.93. The third-order valence-corrected chi connectivity index (χ3v) is 12.2. The Morgan fingerprint density at radius 3 is 2.59 bits per heavy atom. The quantitative estimate of drug-likeness (QED) is 0.179. The van der Waals surface area contributed by atoms with Crippen LogP contribution < -0.4 is 25.4 Å². The van der Waals surface area contributed by atoms with Gasteiger partial charge in [0.2, 0.25) is 11.8 Å². The van der Waals surface area contributed by atoms with E-state index in [4.69, 9.17) is 24.2 Å². The van der Waals surface area contributed by atoms with Crippen LogP contribution in [0.5, 0.6) is 11.5 Å². The molecule has 0 unspecified atom stereocenters. The molecule has 1 saturated heterocycles. The molecule has 2 aromatic heterocycles. The zero-order valence-electron chi connectivity index (χ0n) is 32.4. The lowest BCUT2D eigenvalue weighted by Gasteiger charge is -2.30. The summed E-state index contributed by atoms with van der Waals surface area (Å²) < 4.78 is 18.0. The third kappa shape index (κ3) is 8.42. The van der Waals surface area contributed by atoms with Gasteiger partial charge < -0.3 is 40.2 Å². The fourth-order valence-electron chi connectivity index (χ4n) is 8.21. The summed E-state index contributed by atoms with van der Waals surface area (Å²) in [5.41, 5.74) is 0.374. The molecule has 2 aliphatic heterocycles. The van der Waals surface area contributed by atoms with Crippen LogP contribution in [-0.2, 0) is 19.1 Å². The molecule has 3 aromatic rings. The number of carbonyl (C=O) groups is 4. The molecule has 14 nitrogen and oxygen atoms in total. The first-order valence-corrected chi connectivity index (χ1v) is 20.7. The minimum Gasteiger partial charge on any atom is -0.497 e. The van der Waals surface area contributed by atoms with Crippen LogP contribution in [0.25, 0.3) is 22.3 Å². The van der Waals surface area contributed by atoms with Crippen LogP contribution in [0.1, 0.15) is 85.0 Å². The molecule has 0 spiro atoms. The maximum atomic E-state index is 14.7. The van der Waals surface area contributed by atoms with E-state index >= 15 is 0 Å². The highest BCUT2D eigenvalue weighted by Gasteiger charge is 2.62. The highest BCUT2D eigenvalue weighted by Crippen LogP contribution is 2.46. The molecule has 7 rings (SSSR count). The van der Waals surface area contributed by atoms with Crippen LogP contribution in [-0.4, -0.2) is 93.4 Å². The number of hydrogen-bond acceptors (Lipinski definition) is 11. The molecule has 1 aromatic carbocycles. The number of carboxylic acids is 1. The lowest BCUT2D eigenvalue weighted by atomic mass is 9.98. The SMILES string of the molecule is COc1ccc2c(O[C@H]3CN4C(=O)[C@@H](NC(=O)OC5CCCC5)CCCCC/C=C\[C@@H]5C[C@@]5(C(=O)O)NC(=O)[C@@H]4[C@H]3C)cc(-c3csc(NC(C)C)n3)nc2c1. The molecule has 3 amide bonds. The van der Waals surface area contributed by atoms with E-state index in [-0.39, 0.29) is 31.0 Å².